The predicted molar refractivity (Wildman–Crippen MR) is 59.4 cm³/mol. The highest BCUT2D eigenvalue weighted by molar-refractivity contribution is 7.77. The molecule has 0 spiro atoms. The Bertz CT molecular complexity index is 185. The van der Waals surface area contributed by atoms with Crippen LogP contribution in [0, 0.1) is 5.92 Å². The number of hydrogen-bond donors (Lipinski definition) is 1. The summed E-state index contributed by atoms with van der Waals surface area (Å²) in [4.78, 5) is 0. The van der Waals surface area contributed by atoms with Crippen LogP contribution in [-0.4, -0.2) is 14.3 Å². The first-order chi connectivity index (χ1) is 6.39. The molecule has 0 aromatic heterocycles. The van der Waals surface area contributed by atoms with Gasteiger partial charge in [-0.25, -0.2) is 4.72 Å². The van der Waals surface area contributed by atoms with Gasteiger partial charge in [-0.15, -0.1) is 0 Å². The van der Waals surface area contributed by atoms with E-state index in [1.54, 1.807) is 0 Å². The van der Waals surface area contributed by atoms with Crippen molar-refractivity contribution in [2.45, 2.75) is 58.9 Å². The van der Waals surface area contributed by atoms with E-state index in [4.69, 9.17) is 0 Å². The van der Waals surface area contributed by atoms with Crippen molar-refractivity contribution in [2.24, 2.45) is 5.92 Å². The molecule has 0 aromatic carbocycles. The molecule has 0 heterocycles. The molecular weight excluding hydrogens is 198 g/mol. The summed E-state index contributed by atoms with van der Waals surface area (Å²) in [5, 5.41) is 0. The molecule has 0 aliphatic heterocycles. The summed E-state index contributed by atoms with van der Waals surface area (Å²) in [6.45, 7) is 8.34. The topological polar surface area (TPSA) is 52.2 Å². The van der Waals surface area contributed by atoms with Crippen LogP contribution in [0.15, 0.2) is 0 Å². The van der Waals surface area contributed by atoms with Crippen LogP contribution < -0.4 is 4.72 Å². The van der Waals surface area contributed by atoms with Crippen molar-refractivity contribution >= 4 is 11.3 Å². The van der Waals surface area contributed by atoms with Crippen LogP contribution in [0.1, 0.15) is 53.4 Å². The van der Waals surface area contributed by atoms with E-state index in [1.807, 2.05) is 13.8 Å². The fourth-order valence-corrected chi connectivity index (χ4v) is 2.05. The lowest BCUT2D eigenvalue weighted by molar-refractivity contribution is 0.344. The Hall–Kier alpha value is 0.0700. The lowest BCUT2D eigenvalue weighted by atomic mass is 9.91. The van der Waals surface area contributed by atoms with Gasteiger partial charge in [-0.1, -0.05) is 33.6 Å². The molecule has 0 fully saturated rings. The molecule has 2 atom stereocenters. The highest BCUT2D eigenvalue weighted by Gasteiger charge is 2.20. The second kappa shape index (κ2) is 6.53. The first-order valence-electron chi connectivity index (χ1n) is 5.26. The van der Waals surface area contributed by atoms with Crippen LogP contribution in [0.25, 0.3) is 0 Å². The summed E-state index contributed by atoms with van der Waals surface area (Å²) >= 11 is -2.15. The molecule has 0 saturated heterocycles. The zero-order chi connectivity index (χ0) is 11.2. The molecule has 0 radical (unpaired) electrons. The monoisotopic (exact) mass is 220 g/mol. The van der Waals surface area contributed by atoms with Crippen LogP contribution in [-0.2, 0) is 11.3 Å². The summed E-state index contributed by atoms with van der Waals surface area (Å²) in [6.07, 6.45) is 3.98. The van der Waals surface area contributed by atoms with Crippen molar-refractivity contribution in [1.82, 2.24) is 4.72 Å². The van der Waals surface area contributed by atoms with Crippen LogP contribution in [0.2, 0.25) is 0 Å². The Morgan fingerprint density at radius 2 is 2.07 bits per heavy atom. The molecule has 2 unspecified atom stereocenters. The standard InChI is InChI=1S/C10H23NO2S/c1-5-10(4,11-14(12)13)8-6-7-9(2)3/h9,11H,5-8H2,1-4H3,(H,12,13)/p-1. The first kappa shape index (κ1) is 14.1. The second-order valence-electron chi connectivity index (χ2n) is 4.54. The van der Waals surface area contributed by atoms with Crippen LogP contribution in [0.4, 0.5) is 0 Å². The minimum absolute atomic E-state index is 0.262. The minimum atomic E-state index is -2.15. The van der Waals surface area contributed by atoms with E-state index in [-0.39, 0.29) is 5.54 Å². The fraction of sp³-hybridized carbons (Fsp3) is 1.00. The highest BCUT2D eigenvalue weighted by atomic mass is 32.2. The zero-order valence-electron chi connectivity index (χ0n) is 9.63. The molecule has 0 rings (SSSR count). The first-order valence-corrected chi connectivity index (χ1v) is 6.34. The zero-order valence-corrected chi connectivity index (χ0v) is 10.4. The normalized spacial score (nSPS) is 18.1. The summed E-state index contributed by atoms with van der Waals surface area (Å²) < 4.78 is 23.7. The van der Waals surface area contributed by atoms with E-state index in [9.17, 15) is 8.76 Å². The maximum absolute atomic E-state index is 10.6. The minimum Gasteiger partial charge on any atom is -0.760 e. The van der Waals surface area contributed by atoms with E-state index >= 15 is 0 Å². The van der Waals surface area contributed by atoms with Gasteiger partial charge in [0.2, 0.25) is 0 Å². The summed E-state index contributed by atoms with van der Waals surface area (Å²) in [6, 6.07) is 0. The third-order valence-electron chi connectivity index (χ3n) is 2.62. The molecule has 1 N–H and O–H groups in total. The Morgan fingerprint density at radius 3 is 2.43 bits per heavy atom. The predicted octanol–water partition coefficient (Wildman–Crippen LogP) is 2.37. The van der Waals surface area contributed by atoms with Crippen LogP contribution >= 0.6 is 0 Å². The van der Waals surface area contributed by atoms with Gasteiger partial charge < -0.3 is 4.55 Å². The maximum Gasteiger partial charge on any atom is 0.0264 e. The quantitative estimate of drug-likeness (QED) is 0.670. The van der Waals surface area contributed by atoms with Gasteiger partial charge in [0.25, 0.3) is 0 Å². The van der Waals surface area contributed by atoms with E-state index in [1.165, 1.54) is 0 Å². The Labute approximate surface area is 90.1 Å². The molecule has 0 bridgehead atoms. The van der Waals surface area contributed by atoms with Crippen molar-refractivity contribution < 1.29 is 8.76 Å². The van der Waals surface area contributed by atoms with E-state index in [0.717, 1.165) is 25.7 Å². The summed E-state index contributed by atoms with van der Waals surface area (Å²) in [5.41, 5.74) is -0.262. The van der Waals surface area contributed by atoms with Crippen molar-refractivity contribution in [1.29, 1.82) is 0 Å². The smallest absolute Gasteiger partial charge is 0.0264 e. The van der Waals surface area contributed by atoms with Crippen molar-refractivity contribution in [3.63, 3.8) is 0 Å². The molecule has 0 saturated carbocycles. The Kier molecular flexibility index (Phi) is 6.57. The maximum atomic E-state index is 10.6. The molecule has 3 nitrogen and oxygen atoms in total. The SMILES string of the molecule is CCC(C)(CCCC(C)C)NS(=O)[O-]. The molecule has 0 aliphatic carbocycles. The second-order valence-corrected chi connectivity index (χ2v) is 5.21. The Morgan fingerprint density at radius 1 is 1.50 bits per heavy atom. The van der Waals surface area contributed by atoms with Gasteiger partial charge in [0.05, 0.1) is 0 Å². The van der Waals surface area contributed by atoms with Gasteiger partial charge >= 0.3 is 0 Å². The molecular formula is C10H22NO2S-. The third kappa shape index (κ3) is 6.51. The highest BCUT2D eigenvalue weighted by Crippen LogP contribution is 2.19. The lowest BCUT2D eigenvalue weighted by Gasteiger charge is -2.30. The van der Waals surface area contributed by atoms with E-state index in [2.05, 4.69) is 18.6 Å². The van der Waals surface area contributed by atoms with Gasteiger partial charge in [-0.3, -0.25) is 4.21 Å². The van der Waals surface area contributed by atoms with Gasteiger partial charge in [0.1, 0.15) is 0 Å². The largest absolute Gasteiger partial charge is 0.760 e. The van der Waals surface area contributed by atoms with Gasteiger partial charge in [-0.2, -0.15) is 0 Å². The molecule has 86 valence electrons. The van der Waals surface area contributed by atoms with Gasteiger partial charge in [0.15, 0.2) is 0 Å². The van der Waals surface area contributed by atoms with Crippen LogP contribution in [0.3, 0.4) is 0 Å². The third-order valence-corrected chi connectivity index (χ3v) is 3.28. The van der Waals surface area contributed by atoms with Crippen LogP contribution in [0.5, 0.6) is 0 Å². The van der Waals surface area contributed by atoms with Gasteiger partial charge in [0, 0.05) is 16.8 Å². The van der Waals surface area contributed by atoms with E-state index in [0.29, 0.717) is 5.92 Å². The summed E-state index contributed by atoms with van der Waals surface area (Å²) in [7, 11) is 0. The molecule has 0 amide bonds. The molecule has 4 heteroatoms. The molecule has 0 aromatic rings. The number of hydrogen-bond acceptors (Lipinski definition) is 2. The van der Waals surface area contributed by atoms with Crippen molar-refractivity contribution in [3.8, 4) is 0 Å². The fourth-order valence-electron chi connectivity index (χ4n) is 1.40. The van der Waals surface area contributed by atoms with Gasteiger partial charge in [-0.05, 0) is 25.7 Å². The molecule has 0 aliphatic rings. The Balaban J connectivity index is 3.92. The van der Waals surface area contributed by atoms with Crippen molar-refractivity contribution in [2.75, 3.05) is 0 Å². The summed E-state index contributed by atoms with van der Waals surface area (Å²) in [5.74, 6) is 0.689. The lowest BCUT2D eigenvalue weighted by Crippen LogP contribution is -2.42. The number of rotatable bonds is 7. The number of nitrogens with one attached hydrogen (secondary N) is 1. The average Bonchev–Trinajstić information content (AvgIpc) is 2.02. The molecule has 14 heavy (non-hydrogen) atoms. The average molecular weight is 220 g/mol. The van der Waals surface area contributed by atoms with Crippen molar-refractivity contribution in [3.05, 3.63) is 0 Å². The van der Waals surface area contributed by atoms with E-state index < -0.39 is 11.3 Å².